The van der Waals surface area contributed by atoms with Gasteiger partial charge in [-0.3, -0.25) is 9.78 Å². The largest absolute Gasteiger partial charge is 0.476 e. The summed E-state index contributed by atoms with van der Waals surface area (Å²) in [6.07, 6.45) is 0. The number of pyridine rings is 1. The van der Waals surface area contributed by atoms with Crippen LogP contribution in [0.4, 0.5) is 5.69 Å². The zero-order chi connectivity index (χ0) is 15.6. The highest BCUT2D eigenvalue weighted by molar-refractivity contribution is 7.09. The first-order chi connectivity index (χ1) is 9.88. The van der Waals surface area contributed by atoms with Crippen molar-refractivity contribution in [3.05, 3.63) is 39.1 Å². The number of carboxylic acids is 1. The minimum atomic E-state index is -1.06. The highest BCUT2D eigenvalue weighted by Gasteiger charge is 2.14. The minimum absolute atomic E-state index is 0.00835. The molecule has 21 heavy (non-hydrogen) atoms. The maximum absolute atomic E-state index is 11.5. The Kier molecular flexibility index (Phi) is 4.18. The number of aromatic nitrogens is 2. The number of amides is 1. The predicted molar refractivity (Wildman–Crippen MR) is 78.6 cm³/mol. The minimum Gasteiger partial charge on any atom is -0.476 e. The Morgan fingerprint density at radius 2 is 2.10 bits per heavy atom. The molecule has 0 aliphatic carbocycles. The molecule has 0 aliphatic heterocycles. The van der Waals surface area contributed by atoms with E-state index in [2.05, 4.69) is 15.3 Å². The van der Waals surface area contributed by atoms with Crippen LogP contribution in [0.1, 0.15) is 37.2 Å². The van der Waals surface area contributed by atoms with Crippen molar-refractivity contribution in [1.82, 2.24) is 9.97 Å². The van der Waals surface area contributed by atoms with Gasteiger partial charge < -0.3 is 16.2 Å². The Balaban J connectivity index is 2.22. The molecule has 0 aliphatic rings. The molecule has 0 fully saturated rings. The second-order valence-corrected chi connectivity index (χ2v) is 5.36. The van der Waals surface area contributed by atoms with Crippen molar-refractivity contribution < 1.29 is 14.7 Å². The molecule has 2 aromatic rings. The number of carbonyl (C=O) groups is 2. The van der Waals surface area contributed by atoms with Crippen LogP contribution in [0.2, 0.25) is 0 Å². The topological polar surface area (TPSA) is 118 Å². The molecule has 0 atom stereocenters. The number of rotatable bonds is 5. The molecule has 0 bridgehead atoms. The lowest BCUT2D eigenvalue weighted by molar-refractivity contribution is 0.0691. The third kappa shape index (κ3) is 3.34. The number of carboxylic acid groups (broad SMARTS) is 1. The summed E-state index contributed by atoms with van der Waals surface area (Å²) in [5.41, 5.74) is 7.58. The summed E-state index contributed by atoms with van der Waals surface area (Å²) in [6.45, 7) is 3.83. The third-order valence-electron chi connectivity index (χ3n) is 2.78. The number of aromatic carboxylic acids is 1. The van der Waals surface area contributed by atoms with Crippen LogP contribution in [-0.2, 0) is 6.54 Å². The number of carbonyl (C=O) groups excluding carboxylic acids is 1. The highest BCUT2D eigenvalue weighted by Crippen LogP contribution is 2.21. The van der Waals surface area contributed by atoms with E-state index in [0.29, 0.717) is 28.5 Å². The molecule has 0 saturated carbocycles. The number of anilines is 1. The fourth-order valence-corrected chi connectivity index (χ4v) is 2.65. The lowest BCUT2D eigenvalue weighted by atomic mass is 10.1. The number of nitrogens with zero attached hydrogens (tertiary/aromatic N) is 2. The Morgan fingerprint density at radius 1 is 1.38 bits per heavy atom. The number of hydrogen-bond donors (Lipinski definition) is 3. The first-order valence-corrected chi connectivity index (χ1v) is 6.96. The van der Waals surface area contributed by atoms with E-state index in [1.807, 2.05) is 6.92 Å². The highest BCUT2D eigenvalue weighted by atomic mass is 32.1. The van der Waals surface area contributed by atoms with Crippen molar-refractivity contribution in [2.24, 2.45) is 5.73 Å². The summed E-state index contributed by atoms with van der Waals surface area (Å²) in [6, 6.07) is 1.72. The Bertz CT molecular complexity index is 711. The average Bonchev–Trinajstić information content (AvgIpc) is 2.83. The van der Waals surface area contributed by atoms with Gasteiger partial charge in [-0.15, -0.1) is 11.3 Å². The molecule has 0 spiro atoms. The van der Waals surface area contributed by atoms with Crippen LogP contribution in [0.25, 0.3) is 0 Å². The standard InChI is InChI=1S/C13H14N4O3S/c1-6-3-8(11(12(14)18)7(2)16-6)15-4-10-17-9(5-21-10)13(19)20/h3,5H,4H2,1-2H3,(H2,14,18)(H,15,16)(H,19,20). The van der Waals surface area contributed by atoms with Crippen LogP contribution in [0.15, 0.2) is 11.4 Å². The molecule has 2 heterocycles. The van der Waals surface area contributed by atoms with Crippen LogP contribution in [0, 0.1) is 13.8 Å². The first-order valence-electron chi connectivity index (χ1n) is 6.08. The van der Waals surface area contributed by atoms with Gasteiger partial charge in [0.25, 0.3) is 5.91 Å². The Hall–Kier alpha value is -2.48. The van der Waals surface area contributed by atoms with Gasteiger partial charge in [-0.25, -0.2) is 9.78 Å². The molecule has 110 valence electrons. The van der Waals surface area contributed by atoms with E-state index < -0.39 is 11.9 Å². The number of aryl methyl sites for hydroxylation is 2. The maximum atomic E-state index is 11.5. The SMILES string of the molecule is Cc1cc(NCc2nc(C(=O)O)cs2)c(C(N)=O)c(C)n1. The van der Waals surface area contributed by atoms with Gasteiger partial charge in [0.1, 0.15) is 5.01 Å². The quantitative estimate of drug-likeness (QED) is 0.771. The lowest BCUT2D eigenvalue weighted by Crippen LogP contribution is -2.17. The van der Waals surface area contributed by atoms with Gasteiger partial charge >= 0.3 is 5.97 Å². The van der Waals surface area contributed by atoms with E-state index >= 15 is 0 Å². The van der Waals surface area contributed by atoms with E-state index in [1.165, 1.54) is 16.7 Å². The van der Waals surface area contributed by atoms with Crippen LogP contribution >= 0.6 is 11.3 Å². The van der Waals surface area contributed by atoms with Crippen molar-refractivity contribution in [3.63, 3.8) is 0 Å². The van der Waals surface area contributed by atoms with Gasteiger partial charge in [0, 0.05) is 11.1 Å². The summed E-state index contributed by atoms with van der Waals surface area (Å²) in [7, 11) is 0. The Morgan fingerprint density at radius 3 is 2.67 bits per heavy atom. The molecule has 0 aromatic carbocycles. The Labute approximate surface area is 124 Å². The molecule has 0 radical (unpaired) electrons. The monoisotopic (exact) mass is 306 g/mol. The van der Waals surface area contributed by atoms with Gasteiger partial charge in [0.2, 0.25) is 0 Å². The molecular formula is C13H14N4O3S. The predicted octanol–water partition coefficient (Wildman–Crippen LogP) is 1.56. The molecule has 4 N–H and O–H groups in total. The zero-order valence-electron chi connectivity index (χ0n) is 11.5. The van der Waals surface area contributed by atoms with E-state index in [4.69, 9.17) is 10.8 Å². The molecule has 2 aromatic heterocycles. The number of nitrogens with one attached hydrogen (secondary N) is 1. The third-order valence-corrected chi connectivity index (χ3v) is 3.62. The van der Waals surface area contributed by atoms with E-state index in [0.717, 1.165) is 5.69 Å². The fraction of sp³-hybridized carbons (Fsp3) is 0.231. The van der Waals surface area contributed by atoms with Gasteiger partial charge in [0.05, 0.1) is 23.5 Å². The second kappa shape index (κ2) is 5.88. The van der Waals surface area contributed by atoms with E-state index in [-0.39, 0.29) is 5.69 Å². The summed E-state index contributed by atoms with van der Waals surface area (Å²) in [5, 5.41) is 14.0. The number of primary amides is 1. The van der Waals surface area contributed by atoms with E-state index in [1.54, 1.807) is 13.0 Å². The zero-order valence-corrected chi connectivity index (χ0v) is 12.3. The number of nitrogens with two attached hydrogens (primary N) is 1. The molecule has 2 rings (SSSR count). The summed E-state index contributed by atoms with van der Waals surface area (Å²) in [5.74, 6) is -1.63. The van der Waals surface area contributed by atoms with Crippen LogP contribution < -0.4 is 11.1 Å². The average molecular weight is 306 g/mol. The number of hydrogen-bond acceptors (Lipinski definition) is 6. The van der Waals surface area contributed by atoms with Gasteiger partial charge in [-0.05, 0) is 19.9 Å². The van der Waals surface area contributed by atoms with Crippen LogP contribution in [0.3, 0.4) is 0 Å². The van der Waals surface area contributed by atoms with Gasteiger partial charge in [-0.1, -0.05) is 0 Å². The van der Waals surface area contributed by atoms with Gasteiger partial charge in [0.15, 0.2) is 5.69 Å². The lowest BCUT2D eigenvalue weighted by Gasteiger charge is -2.12. The molecule has 0 unspecified atom stereocenters. The van der Waals surface area contributed by atoms with Crippen molar-refractivity contribution in [3.8, 4) is 0 Å². The normalized spacial score (nSPS) is 10.4. The van der Waals surface area contributed by atoms with Crippen molar-refractivity contribution in [2.75, 3.05) is 5.32 Å². The molecule has 1 amide bonds. The fourth-order valence-electron chi connectivity index (χ4n) is 1.94. The smallest absolute Gasteiger partial charge is 0.355 e. The maximum Gasteiger partial charge on any atom is 0.355 e. The second-order valence-electron chi connectivity index (χ2n) is 4.42. The molecule has 8 heteroatoms. The van der Waals surface area contributed by atoms with Crippen LogP contribution in [0.5, 0.6) is 0 Å². The van der Waals surface area contributed by atoms with Crippen molar-refractivity contribution >= 4 is 28.9 Å². The summed E-state index contributed by atoms with van der Waals surface area (Å²) >= 11 is 1.23. The number of thiazole rings is 1. The van der Waals surface area contributed by atoms with Gasteiger partial charge in [-0.2, -0.15) is 0 Å². The van der Waals surface area contributed by atoms with E-state index in [9.17, 15) is 9.59 Å². The summed E-state index contributed by atoms with van der Waals surface area (Å²) in [4.78, 5) is 30.5. The molecular weight excluding hydrogens is 292 g/mol. The molecule has 0 saturated heterocycles. The van der Waals surface area contributed by atoms with Crippen molar-refractivity contribution in [1.29, 1.82) is 0 Å². The summed E-state index contributed by atoms with van der Waals surface area (Å²) < 4.78 is 0. The van der Waals surface area contributed by atoms with Crippen LogP contribution in [-0.4, -0.2) is 27.0 Å². The molecule has 7 nitrogen and oxygen atoms in total. The van der Waals surface area contributed by atoms with Crippen molar-refractivity contribution in [2.45, 2.75) is 20.4 Å². The first kappa shape index (κ1) is 14.9.